The van der Waals surface area contributed by atoms with Crippen molar-refractivity contribution in [2.45, 2.75) is 24.7 Å². The van der Waals surface area contributed by atoms with E-state index in [4.69, 9.17) is 19.3 Å². The maximum Gasteiger partial charge on any atom is 0.263 e. The topological polar surface area (TPSA) is 108 Å². The Morgan fingerprint density at radius 1 is 0.887 bits per heavy atom. The average Bonchev–Trinajstić information content (AvgIpc) is 3.47. The summed E-state index contributed by atoms with van der Waals surface area (Å²) in [4.78, 5) is 7.33. The number of fused-ring (bicyclic) bond motifs is 2. The van der Waals surface area contributed by atoms with Gasteiger partial charge in [0.2, 0.25) is 15.5 Å². The second kappa shape index (κ2) is 20.1. The highest BCUT2D eigenvalue weighted by atomic mass is 32.2. The molecule has 3 aromatic carbocycles. The number of nitrogens with one attached hydrogen (secondary N) is 1. The first-order chi connectivity index (χ1) is 25.7. The van der Waals surface area contributed by atoms with Crippen molar-refractivity contribution in [1.29, 1.82) is 0 Å². The standard InChI is InChI=1S/C40H54N5O6S2/c1-5-19-44(21-11-20-42(2)3)39-29-32(35-14-9-10-15-36(35)45(39)33-12-7-6-8-13-33)30-40-43(4)37-31-34(16-17-38(37)52-40)53(47,48)41-18-23-49-25-27-51-28-26-50-24-22-46/h6-10,12-17,29-31,41,46H,5,11,18-28H2,1-4H3/q+1. The molecule has 1 aliphatic rings. The number of para-hydroxylation sites is 2. The summed E-state index contributed by atoms with van der Waals surface area (Å²) in [6.07, 6.45) is 6.61. The maximum atomic E-state index is 13.3. The molecule has 11 nitrogen and oxygen atoms in total. The smallest absolute Gasteiger partial charge is 0.263 e. The minimum absolute atomic E-state index is 0.0168. The molecule has 286 valence electrons. The molecule has 0 unspecified atom stereocenters. The molecular formula is C40H54N5O6S2+. The van der Waals surface area contributed by atoms with Gasteiger partial charge in [-0.1, -0.05) is 54.7 Å². The van der Waals surface area contributed by atoms with Crippen LogP contribution >= 0.6 is 11.3 Å². The molecule has 0 atom stereocenters. The third-order valence-corrected chi connectivity index (χ3v) is 11.4. The molecule has 2 heterocycles. The Balaban J connectivity index is 1.38. The number of hydrogen-bond donors (Lipinski definition) is 2. The number of nitrogens with zero attached hydrogens (tertiary/aromatic N) is 4. The lowest BCUT2D eigenvalue weighted by Crippen LogP contribution is -2.37. The summed E-state index contributed by atoms with van der Waals surface area (Å²) < 4.78 is 48.3. The number of aliphatic hydroxyl groups excluding tert-OH is 1. The Labute approximate surface area is 318 Å². The zero-order valence-electron chi connectivity index (χ0n) is 31.4. The molecule has 0 spiro atoms. The molecule has 0 radical (unpaired) electrons. The van der Waals surface area contributed by atoms with Crippen LogP contribution in [0.1, 0.15) is 30.3 Å². The van der Waals surface area contributed by atoms with Crippen LogP contribution in [0.25, 0.3) is 21.9 Å². The fourth-order valence-corrected chi connectivity index (χ4v) is 8.33. The van der Waals surface area contributed by atoms with E-state index < -0.39 is 10.0 Å². The Morgan fingerprint density at radius 2 is 1.58 bits per heavy atom. The van der Waals surface area contributed by atoms with Gasteiger partial charge in [-0.15, -0.1) is 0 Å². The van der Waals surface area contributed by atoms with Crippen LogP contribution in [0.2, 0.25) is 0 Å². The van der Waals surface area contributed by atoms with Gasteiger partial charge in [-0.25, -0.2) is 13.1 Å². The summed E-state index contributed by atoms with van der Waals surface area (Å²) in [6, 6.07) is 24.4. The Morgan fingerprint density at radius 3 is 2.30 bits per heavy atom. The van der Waals surface area contributed by atoms with Crippen molar-refractivity contribution >= 4 is 54.6 Å². The molecule has 0 saturated heterocycles. The number of rotatable bonds is 22. The van der Waals surface area contributed by atoms with Crippen molar-refractivity contribution in [2.24, 2.45) is 7.05 Å². The quantitative estimate of drug-likeness (QED) is 0.0821. The zero-order chi connectivity index (χ0) is 37.6. The van der Waals surface area contributed by atoms with Crippen molar-refractivity contribution in [3.63, 3.8) is 0 Å². The van der Waals surface area contributed by atoms with E-state index in [-0.39, 0.29) is 31.3 Å². The van der Waals surface area contributed by atoms with Gasteiger partial charge in [-0.3, -0.25) is 4.90 Å². The van der Waals surface area contributed by atoms with E-state index in [1.54, 1.807) is 23.5 Å². The number of anilines is 2. The number of ether oxygens (including phenoxy) is 3. The minimum atomic E-state index is -3.75. The lowest BCUT2D eigenvalue weighted by Gasteiger charge is -2.40. The molecule has 2 N–H and O–H groups in total. The summed E-state index contributed by atoms with van der Waals surface area (Å²) in [5.74, 6) is 1.14. The highest BCUT2D eigenvalue weighted by Gasteiger charge is 2.29. The number of allylic oxidation sites excluding steroid dienone is 2. The molecule has 1 aliphatic heterocycles. The van der Waals surface area contributed by atoms with E-state index in [9.17, 15) is 8.42 Å². The third-order valence-electron chi connectivity index (χ3n) is 8.78. The molecule has 0 aliphatic carbocycles. The number of hydrogen-bond acceptors (Lipinski definition) is 10. The van der Waals surface area contributed by atoms with E-state index in [2.05, 4.69) is 112 Å². The monoisotopic (exact) mass is 764 g/mol. The predicted molar refractivity (Wildman–Crippen MR) is 214 cm³/mol. The summed E-state index contributed by atoms with van der Waals surface area (Å²) in [7, 11) is 2.48. The molecule has 0 bridgehead atoms. The Hall–Kier alpha value is -3.66. The SMILES string of the molecule is CCCN(CCCN(C)C)C1=C/C(=C/c2sc3ccc(S(=O)(=O)NCCOCCOCCOCCO)cc3[n+]2C)c2ccccc2N1c1ccccc1. The first-order valence-electron chi connectivity index (χ1n) is 18.3. The second-order valence-corrected chi connectivity index (χ2v) is 15.9. The van der Waals surface area contributed by atoms with Gasteiger partial charge in [0.25, 0.3) is 5.01 Å². The van der Waals surface area contributed by atoms with Crippen molar-refractivity contribution in [2.75, 3.05) is 91.4 Å². The third kappa shape index (κ3) is 11.0. The number of sulfonamides is 1. The number of aliphatic hydroxyl groups is 1. The molecule has 13 heteroatoms. The number of aromatic nitrogens is 1. The van der Waals surface area contributed by atoms with Crippen LogP contribution in [-0.4, -0.2) is 110 Å². The van der Waals surface area contributed by atoms with Gasteiger partial charge in [-0.05, 0) is 75.5 Å². The first-order valence-corrected chi connectivity index (χ1v) is 20.6. The van der Waals surface area contributed by atoms with Gasteiger partial charge in [0.15, 0.2) is 0 Å². The van der Waals surface area contributed by atoms with Crippen LogP contribution in [0.5, 0.6) is 0 Å². The maximum absolute atomic E-state index is 13.3. The van der Waals surface area contributed by atoms with Crippen LogP contribution < -0.4 is 14.2 Å². The van der Waals surface area contributed by atoms with E-state index in [1.165, 1.54) is 0 Å². The summed E-state index contributed by atoms with van der Waals surface area (Å²) in [6.45, 7) is 7.27. The van der Waals surface area contributed by atoms with Crippen molar-refractivity contribution in [1.82, 2.24) is 14.5 Å². The van der Waals surface area contributed by atoms with Crippen LogP contribution in [0.3, 0.4) is 0 Å². The molecule has 1 aromatic heterocycles. The molecule has 53 heavy (non-hydrogen) atoms. The Bertz CT molecular complexity index is 1930. The predicted octanol–water partition coefficient (Wildman–Crippen LogP) is 5.24. The van der Waals surface area contributed by atoms with Gasteiger partial charge in [-0.2, -0.15) is 4.57 Å². The average molecular weight is 765 g/mol. The van der Waals surface area contributed by atoms with Crippen LogP contribution in [0, 0.1) is 0 Å². The highest BCUT2D eigenvalue weighted by Crippen LogP contribution is 2.43. The van der Waals surface area contributed by atoms with Crippen molar-refractivity contribution in [3.8, 4) is 0 Å². The largest absolute Gasteiger partial charge is 0.394 e. The molecule has 4 aromatic rings. The van der Waals surface area contributed by atoms with E-state index in [0.717, 1.165) is 76.0 Å². The van der Waals surface area contributed by atoms with Crippen molar-refractivity contribution in [3.05, 3.63) is 95.3 Å². The molecule has 0 saturated carbocycles. The highest BCUT2D eigenvalue weighted by molar-refractivity contribution is 7.89. The fraction of sp³-hybridized carbons (Fsp3) is 0.425. The summed E-state index contributed by atoms with van der Waals surface area (Å²) >= 11 is 1.64. The van der Waals surface area contributed by atoms with Crippen LogP contribution in [0.4, 0.5) is 11.4 Å². The fourth-order valence-electron chi connectivity index (χ4n) is 6.22. The second-order valence-electron chi connectivity index (χ2n) is 13.0. The first kappa shape index (κ1) is 40.5. The van der Waals surface area contributed by atoms with Gasteiger partial charge >= 0.3 is 0 Å². The van der Waals surface area contributed by atoms with Crippen LogP contribution in [-0.2, 0) is 31.3 Å². The lowest BCUT2D eigenvalue weighted by molar-refractivity contribution is -0.642. The molecular weight excluding hydrogens is 711 g/mol. The van der Waals surface area contributed by atoms with Gasteiger partial charge in [0.1, 0.15) is 17.6 Å². The normalized spacial score (nSPS) is 14.0. The van der Waals surface area contributed by atoms with Gasteiger partial charge < -0.3 is 29.1 Å². The van der Waals surface area contributed by atoms with E-state index >= 15 is 0 Å². The number of thiazole rings is 1. The number of aryl methyl sites for hydroxylation is 1. The van der Waals surface area contributed by atoms with Crippen LogP contribution in [0.15, 0.2) is 89.6 Å². The lowest BCUT2D eigenvalue weighted by atomic mass is 9.97. The van der Waals surface area contributed by atoms with E-state index in [0.29, 0.717) is 26.4 Å². The van der Waals surface area contributed by atoms with Gasteiger partial charge in [0.05, 0.1) is 56.8 Å². The van der Waals surface area contributed by atoms with Crippen molar-refractivity contribution < 1.29 is 32.3 Å². The Kier molecular flexibility index (Phi) is 15.4. The minimum Gasteiger partial charge on any atom is -0.394 e. The van der Waals surface area contributed by atoms with Gasteiger partial charge in [0, 0.05) is 43.0 Å². The van der Waals surface area contributed by atoms with E-state index in [1.807, 2.05) is 13.1 Å². The molecule has 5 rings (SSSR count). The number of benzene rings is 3. The summed E-state index contributed by atoms with van der Waals surface area (Å²) in [5, 5.41) is 9.73. The zero-order valence-corrected chi connectivity index (χ0v) is 33.0. The molecule has 0 fully saturated rings. The molecule has 0 amide bonds. The summed E-state index contributed by atoms with van der Waals surface area (Å²) in [5.41, 5.74) is 5.33.